The van der Waals surface area contributed by atoms with Crippen LogP contribution in [0.2, 0.25) is 0 Å². The van der Waals surface area contributed by atoms with Gasteiger partial charge in [-0.15, -0.1) is 0 Å². The zero-order valence-corrected chi connectivity index (χ0v) is 12.6. The monoisotopic (exact) mass is 291 g/mol. The average molecular weight is 291 g/mol. The van der Waals surface area contributed by atoms with E-state index in [0.717, 1.165) is 38.0 Å². The highest BCUT2D eigenvalue weighted by atomic mass is 16.3. The number of likely N-dealkylation sites (tertiary alicyclic amines) is 1. The normalized spacial score (nSPS) is 16.9. The molecule has 1 aliphatic heterocycles. The number of likely N-dealkylation sites (N-methyl/N-ethyl adjacent to an activating group) is 1. The minimum Gasteiger partial charge on any atom is -0.393 e. The van der Waals surface area contributed by atoms with E-state index >= 15 is 0 Å². The molecule has 1 aromatic rings. The molecule has 2 rings (SSSR count). The predicted octanol–water partition coefficient (Wildman–Crippen LogP) is 0.479. The van der Waals surface area contributed by atoms with Crippen molar-refractivity contribution in [2.75, 3.05) is 26.7 Å². The predicted molar refractivity (Wildman–Crippen MR) is 82.7 cm³/mol. The van der Waals surface area contributed by atoms with Gasteiger partial charge < -0.3 is 15.7 Å². The molecule has 5 nitrogen and oxygen atoms in total. The third kappa shape index (κ3) is 5.12. The summed E-state index contributed by atoms with van der Waals surface area (Å²) in [6, 6.07) is 8.22. The molecular formula is C16H25N3O2. The first-order valence-electron chi connectivity index (χ1n) is 7.57. The minimum absolute atomic E-state index is 0.00778. The van der Waals surface area contributed by atoms with Gasteiger partial charge in [0.1, 0.15) is 0 Å². The molecule has 1 saturated heterocycles. The van der Waals surface area contributed by atoms with E-state index in [1.54, 1.807) is 7.05 Å². The summed E-state index contributed by atoms with van der Waals surface area (Å²) in [7, 11) is 1.76. The molecule has 1 aromatic carbocycles. The summed E-state index contributed by atoms with van der Waals surface area (Å²) in [4.78, 5) is 13.9. The molecule has 0 bridgehead atoms. The van der Waals surface area contributed by atoms with Crippen molar-refractivity contribution in [1.82, 2.24) is 15.5 Å². The Morgan fingerprint density at radius 2 is 1.95 bits per heavy atom. The number of piperidine rings is 1. The van der Waals surface area contributed by atoms with Crippen molar-refractivity contribution in [1.29, 1.82) is 0 Å². The van der Waals surface area contributed by atoms with Crippen LogP contribution >= 0.6 is 0 Å². The van der Waals surface area contributed by atoms with Crippen LogP contribution in [-0.4, -0.2) is 48.7 Å². The number of hydrogen-bond acceptors (Lipinski definition) is 4. The summed E-state index contributed by atoms with van der Waals surface area (Å²) >= 11 is 0. The van der Waals surface area contributed by atoms with Gasteiger partial charge in [0.2, 0.25) is 5.91 Å². The molecule has 21 heavy (non-hydrogen) atoms. The molecule has 0 aliphatic carbocycles. The van der Waals surface area contributed by atoms with Gasteiger partial charge in [-0.25, -0.2) is 0 Å². The molecule has 3 N–H and O–H groups in total. The Labute approximate surface area is 126 Å². The Morgan fingerprint density at radius 1 is 1.29 bits per heavy atom. The Morgan fingerprint density at radius 3 is 2.62 bits per heavy atom. The molecule has 0 radical (unpaired) electrons. The van der Waals surface area contributed by atoms with Crippen LogP contribution in [0.15, 0.2) is 24.3 Å². The number of carbonyl (C=O) groups is 1. The van der Waals surface area contributed by atoms with Crippen LogP contribution in [0.1, 0.15) is 24.0 Å². The molecule has 0 atom stereocenters. The molecule has 116 valence electrons. The van der Waals surface area contributed by atoms with Crippen LogP contribution in [-0.2, 0) is 17.9 Å². The average Bonchev–Trinajstić information content (AvgIpc) is 2.49. The Balaban J connectivity index is 1.92. The third-order valence-corrected chi connectivity index (χ3v) is 3.88. The number of rotatable bonds is 6. The van der Waals surface area contributed by atoms with Gasteiger partial charge in [-0.1, -0.05) is 24.3 Å². The van der Waals surface area contributed by atoms with Gasteiger partial charge >= 0.3 is 0 Å². The summed E-state index contributed by atoms with van der Waals surface area (Å²) in [6.07, 6.45) is 1.56. The van der Waals surface area contributed by atoms with Gasteiger partial charge in [0.05, 0.1) is 12.6 Å². The largest absolute Gasteiger partial charge is 0.393 e. The van der Waals surface area contributed by atoms with Crippen LogP contribution in [0, 0.1) is 0 Å². The quantitative estimate of drug-likeness (QED) is 0.713. The fraction of sp³-hybridized carbons (Fsp3) is 0.562. The molecule has 0 aromatic heterocycles. The SMILES string of the molecule is CNCC(=O)NCc1ccccc1CN1CCC(O)CC1. The van der Waals surface area contributed by atoms with Crippen molar-refractivity contribution in [2.45, 2.75) is 32.0 Å². The lowest BCUT2D eigenvalue weighted by Gasteiger charge is -2.30. The highest BCUT2D eigenvalue weighted by molar-refractivity contribution is 5.77. The van der Waals surface area contributed by atoms with E-state index in [4.69, 9.17) is 0 Å². The van der Waals surface area contributed by atoms with Gasteiger partial charge in [-0.2, -0.15) is 0 Å². The first kappa shape index (κ1) is 15.9. The first-order chi connectivity index (χ1) is 10.2. The molecular weight excluding hydrogens is 266 g/mol. The Kier molecular flexibility index (Phi) is 6.17. The number of hydrogen-bond donors (Lipinski definition) is 3. The van der Waals surface area contributed by atoms with E-state index in [2.05, 4.69) is 27.7 Å². The minimum atomic E-state index is -0.141. The molecule has 1 fully saturated rings. The van der Waals surface area contributed by atoms with E-state index in [0.29, 0.717) is 13.1 Å². The molecule has 5 heteroatoms. The first-order valence-corrected chi connectivity index (χ1v) is 7.57. The summed E-state index contributed by atoms with van der Waals surface area (Å²) in [5, 5.41) is 15.3. The highest BCUT2D eigenvalue weighted by Gasteiger charge is 2.17. The van der Waals surface area contributed by atoms with Crippen LogP contribution in [0.3, 0.4) is 0 Å². The number of carbonyl (C=O) groups excluding carboxylic acids is 1. The molecule has 1 aliphatic rings. The summed E-state index contributed by atoms with van der Waals surface area (Å²) < 4.78 is 0. The fourth-order valence-electron chi connectivity index (χ4n) is 2.62. The summed E-state index contributed by atoms with van der Waals surface area (Å²) in [6.45, 7) is 3.65. The molecule has 0 unspecified atom stereocenters. The van der Waals surface area contributed by atoms with Crippen LogP contribution in [0.25, 0.3) is 0 Å². The number of benzene rings is 1. The zero-order valence-electron chi connectivity index (χ0n) is 12.6. The Hall–Kier alpha value is -1.43. The second-order valence-corrected chi connectivity index (χ2v) is 5.58. The van der Waals surface area contributed by atoms with Crippen molar-refractivity contribution in [2.24, 2.45) is 0 Å². The summed E-state index contributed by atoms with van der Waals surface area (Å²) in [5.41, 5.74) is 2.41. The number of aliphatic hydroxyl groups is 1. The Bertz CT molecular complexity index is 457. The third-order valence-electron chi connectivity index (χ3n) is 3.88. The zero-order chi connectivity index (χ0) is 15.1. The number of aliphatic hydroxyl groups excluding tert-OH is 1. The fourth-order valence-corrected chi connectivity index (χ4v) is 2.62. The summed E-state index contributed by atoms with van der Waals surface area (Å²) in [5.74, 6) is 0.00778. The lowest BCUT2D eigenvalue weighted by molar-refractivity contribution is -0.120. The van der Waals surface area contributed by atoms with Crippen LogP contribution in [0.4, 0.5) is 0 Å². The van der Waals surface area contributed by atoms with Crippen molar-refractivity contribution in [3.05, 3.63) is 35.4 Å². The van der Waals surface area contributed by atoms with Gasteiger partial charge in [0, 0.05) is 26.2 Å². The second-order valence-electron chi connectivity index (χ2n) is 5.58. The van der Waals surface area contributed by atoms with E-state index in [1.165, 1.54) is 5.56 Å². The number of nitrogens with zero attached hydrogens (tertiary/aromatic N) is 1. The standard InChI is InChI=1S/C16H25N3O2/c1-17-11-16(21)18-10-13-4-2-3-5-14(13)12-19-8-6-15(20)7-9-19/h2-5,15,17,20H,6-12H2,1H3,(H,18,21). The smallest absolute Gasteiger partial charge is 0.234 e. The van der Waals surface area contributed by atoms with Gasteiger partial charge in [-0.05, 0) is 31.0 Å². The maximum atomic E-state index is 11.5. The number of amides is 1. The maximum absolute atomic E-state index is 11.5. The van der Waals surface area contributed by atoms with Crippen molar-refractivity contribution in [3.63, 3.8) is 0 Å². The van der Waals surface area contributed by atoms with Gasteiger partial charge in [-0.3, -0.25) is 9.69 Å². The van der Waals surface area contributed by atoms with Crippen molar-refractivity contribution in [3.8, 4) is 0 Å². The van der Waals surface area contributed by atoms with E-state index < -0.39 is 0 Å². The molecule has 1 heterocycles. The highest BCUT2D eigenvalue weighted by Crippen LogP contribution is 2.16. The second kappa shape index (κ2) is 8.12. The topological polar surface area (TPSA) is 64.6 Å². The van der Waals surface area contributed by atoms with Crippen LogP contribution in [0.5, 0.6) is 0 Å². The van der Waals surface area contributed by atoms with E-state index in [1.807, 2.05) is 12.1 Å². The van der Waals surface area contributed by atoms with Crippen molar-refractivity contribution >= 4 is 5.91 Å². The van der Waals surface area contributed by atoms with Gasteiger partial charge in [0.25, 0.3) is 0 Å². The molecule has 0 saturated carbocycles. The maximum Gasteiger partial charge on any atom is 0.234 e. The lowest BCUT2D eigenvalue weighted by Crippen LogP contribution is -2.36. The van der Waals surface area contributed by atoms with E-state index in [-0.39, 0.29) is 12.0 Å². The number of nitrogens with one attached hydrogen (secondary N) is 2. The van der Waals surface area contributed by atoms with Crippen LogP contribution < -0.4 is 10.6 Å². The molecule has 0 spiro atoms. The molecule has 1 amide bonds. The van der Waals surface area contributed by atoms with E-state index in [9.17, 15) is 9.90 Å². The van der Waals surface area contributed by atoms with Crippen molar-refractivity contribution < 1.29 is 9.90 Å². The lowest BCUT2D eigenvalue weighted by atomic mass is 10.0. The van der Waals surface area contributed by atoms with Gasteiger partial charge in [0.15, 0.2) is 0 Å².